The monoisotopic (exact) mass is 216 g/mol. The van der Waals surface area contributed by atoms with Crippen LogP contribution >= 0.6 is 0 Å². The Hall–Kier alpha value is -0.610. The SMILES string of the molecule is CCCCCC(=O)NCCC(N)COC. The highest BCUT2D eigenvalue weighted by Crippen LogP contribution is 1.98. The highest BCUT2D eigenvalue weighted by molar-refractivity contribution is 5.75. The molecule has 0 aliphatic heterocycles. The van der Waals surface area contributed by atoms with Gasteiger partial charge in [-0.1, -0.05) is 19.8 Å². The lowest BCUT2D eigenvalue weighted by atomic mass is 10.2. The smallest absolute Gasteiger partial charge is 0.219 e. The van der Waals surface area contributed by atoms with E-state index >= 15 is 0 Å². The second-order valence-corrected chi connectivity index (χ2v) is 3.81. The van der Waals surface area contributed by atoms with Crippen molar-refractivity contribution in [2.45, 2.75) is 45.1 Å². The van der Waals surface area contributed by atoms with Gasteiger partial charge in [-0.05, 0) is 12.8 Å². The van der Waals surface area contributed by atoms with E-state index in [0.29, 0.717) is 19.6 Å². The van der Waals surface area contributed by atoms with Crippen molar-refractivity contribution in [1.82, 2.24) is 5.32 Å². The fourth-order valence-electron chi connectivity index (χ4n) is 1.32. The number of carbonyl (C=O) groups is 1. The van der Waals surface area contributed by atoms with Crippen LogP contribution < -0.4 is 11.1 Å². The van der Waals surface area contributed by atoms with E-state index in [0.717, 1.165) is 25.7 Å². The maximum atomic E-state index is 11.3. The lowest BCUT2D eigenvalue weighted by Gasteiger charge is -2.10. The Morgan fingerprint density at radius 3 is 2.80 bits per heavy atom. The maximum Gasteiger partial charge on any atom is 0.219 e. The van der Waals surface area contributed by atoms with E-state index in [-0.39, 0.29) is 11.9 Å². The zero-order valence-corrected chi connectivity index (χ0v) is 9.92. The van der Waals surface area contributed by atoms with Crippen LogP contribution in [0.3, 0.4) is 0 Å². The van der Waals surface area contributed by atoms with E-state index in [9.17, 15) is 4.79 Å². The molecule has 4 heteroatoms. The summed E-state index contributed by atoms with van der Waals surface area (Å²) in [5.74, 6) is 0.132. The van der Waals surface area contributed by atoms with Crippen molar-refractivity contribution < 1.29 is 9.53 Å². The van der Waals surface area contributed by atoms with E-state index in [1.165, 1.54) is 0 Å². The van der Waals surface area contributed by atoms with Gasteiger partial charge in [0.05, 0.1) is 6.61 Å². The molecular weight excluding hydrogens is 192 g/mol. The van der Waals surface area contributed by atoms with E-state index in [1.54, 1.807) is 7.11 Å². The van der Waals surface area contributed by atoms with E-state index < -0.39 is 0 Å². The second-order valence-electron chi connectivity index (χ2n) is 3.81. The summed E-state index contributed by atoms with van der Waals surface area (Å²) in [4.78, 5) is 11.3. The summed E-state index contributed by atoms with van der Waals surface area (Å²) in [6.45, 7) is 3.32. The highest BCUT2D eigenvalue weighted by Gasteiger charge is 2.03. The largest absolute Gasteiger partial charge is 0.383 e. The van der Waals surface area contributed by atoms with Gasteiger partial charge in [-0.2, -0.15) is 0 Å². The number of methoxy groups -OCH3 is 1. The predicted molar refractivity (Wildman–Crippen MR) is 61.6 cm³/mol. The molecule has 0 rings (SSSR count). The van der Waals surface area contributed by atoms with Crippen LogP contribution in [-0.4, -0.2) is 32.2 Å². The highest BCUT2D eigenvalue weighted by atomic mass is 16.5. The molecule has 1 atom stereocenters. The maximum absolute atomic E-state index is 11.3. The molecule has 0 bridgehead atoms. The summed E-state index contributed by atoms with van der Waals surface area (Å²) in [5.41, 5.74) is 5.72. The van der Waals surface area contributed by atoms with E-state index in [2.05, 4.69) is 12.2 Å². The van der Waals surface area contributed by atoms with Crippen LogP contribution in [0.5, 0.6) is 0 Å². The molecule has 0 aliphatic rings. The van der Waals surface area contributed by atoms with E-state index in [4.69, 9.17) is 10.5 Å². The zero-order valence-electron chi connectivity index (χ0n) is 9.92. The fourth-order valence-corrected chi connectivity index (χ4v) is 1.32. The molecule has 0 saturated heterocycles. The molecule has 1 amide bonds. The van der Waals surface area contributed by atoms with Gasteiger partial charge in [-0.3, -0.25) is 4.79 Å². The number of hydrogen-bond donors (Lipinski definition) is 2. The summed E-state index contributed by atoms with van der Waals surface area (Å²) in [6.07, 6.45) is 4.65. The minimum absolute atomic E-state index is 0.0194. The standard InChI is InChI=1S/C11H24N2O2/c1-3-4-5-6-11(14)13-8-7-10(12)9-15-2/h10H,3-9,12H2,1-2H3,(H,13,14). The lowest BCUT2D eigenvalue weighted by molar-refractivity contribution is -0.121. The van der Waals surface area contributed by atoms with Gasteiger partial charge in [0.25, 0.3) is 0 Å². The molecule has 0 aliphatic carbocycles. The van der Waals surface area contributed by atoms with Gasteiger partial charge in [-0.15, -0.1) is 0 Å². The zero-order chi connectivity index (χ0) is 11.5. The Balaban J connectivity index is 3.30. The van der Waals surface area contributed by atoms with Crippen molar-refractivity contribution in [1.29, 1.82) is 0 Å². The number of ether oxygens (including phenoxy) is 1. The van der Waals surface area contributed by atoms with Crippen LogP contribution in [0.2, 0.25) is 0 Å². The topological polar surface area (TPSA) is 64.4 Å². The average Bonchev–Trinajstić information content (AvgIpc) is 2.18. The van der Waals surface area contributed by atoms with Crippen molar-refractivity contribution in [3.63, 3.8) is 0 Å². The molecule has 3 N–H and O–H groups in total. The Kier molecular flexibility index (Phi) is 9.52. The van der Waals surface area contributed by atoms with Gasteiger partial charge < -0.3 is 15.8 Å². The minimum Gasteiger partial charge on any atom is -0.383 e. The van der Waals surface area contributed by atoms with Gasteiger partial charge in [0.1, 0.15) is 0 Å². The Labute approximate surface area is 92.6 Å². The number of nitrogens with one attached hydrogen (secondary N) is 1. The molecule has 0 radical (unpaired) electrons. The first-order chi connectivity index (χ1) is 7.20. The molecule has 90 valence electrons. The van der Waals surface area contributed by atoms with Gasteiger partial charge in [0, 0.05) is 26.1 Å². The number of unbranched alkanes of at least 4 members (excludes halogenated alkanes) is 2. The van der Waals surface area contributed by atoms with Crippen molar-refractivity contribution in [2.24, 2.45) is 5.73 Å². The molecule has 0 aromatic heterocycles. The summed E-state index contributed by atoms with van der Waals surface area (Å²) in [7, 11) is 1.63. The van der Waals surface area contributed by atoms with Gasteiger partial charge in [-0.25, -0.2) is 0 Å². The molecular formula is C11H24N2O2. The number of rotatable bonds is 9. The average molecular weight is 216 g/mol. The molecule has 15 heavy (non-hydrogen) atoms. The third-order valence-corrected chi connectivity index (χ3v) is 2.23. The molecule has 0 aromatic carbocycles. The van der Waals surface area contributed by atoms with Crippen LogP contribution in [0.15, 0.2) is 0 Å². The van der Waals surface area contributed by atoms with Crippen LogP contribution in [0.25, 0.3) is 0 Å². The second kappa shape index (κ2) is 9.93. The first kappa shape index (κ1) is 14.4. The molecule has 1 unspecified atom stereocenters. The number of amides is 1. The number of carbonyl (C=O) groups excluding carboxylic acids is 1. The Bertz CT molecular complexity index is 163. The summed E-state index contributed by atoms with van der Waals surface area (Å²) >= 11 is 0. The van der Waals surface area contributed by atoms with Gasteiger partial charge in [0.15, 0.2) is 0 Å². The van der Waals surface area contributed by atoms with Crippen molar-refractivity contribution in [3.8, 4) is 0 Å². The predicted octanol–water partition coefficient (Wildman–Crippen LogP) is 1.05. The lowest BCUT2D eigenvalue weighted by Crippen LogP contribution is -2.32. The first-order valence-electron chi connectivity index (χ1n) is 5.72. The first-order valence-corrected chi connectivity index (χ1v) is 5.72. The Morgan fingerprint density at radius 1 is 1.47 bits per heavy atom. The summed E-state index contributed by atoms with van der Waals surface area (Å²) in [5, 5.41) is 2.86. The third-order valence-electron chi connectivity index (χ3n) is 2.23. The summed E-state index contributed by atoms with van der Waals surface area (Å²) < 4.78 is 4.90. The molecule has 4 nitrogen and oxygen atoms in total. The van der Waals surface area contributed by atoms with Crippen LogP contribution in [-0.2, 0) is 9.53 Å². The molecule has 0 heterocycles. The molecule has 0 fully saturated rings. The van der Waals surface area contributed by atoms with Gasteiger partial charge >= 0.3 is 0 Å². The van der Waals surface area contributed by atoms with Crippen molar-refractivity contribution in [2.75, 3.05) is 20.3 Å². The fraction of sp³-hybridized carbons (Fsp3) is 0.909. The van der Waals surface area contributed by atoms with Crippen LogP contribution in [0.4, 0.5) is 0 Å². The molecule has 0 saturated carbocycles. The minimum atomic E-state index is 0.0194. The number of nitrogens with two attached hydrogens (primary N) is 1. The molecule has 0 aromatic rings. The Morgan fingerprint density at radius 2 is 2.20 bits per heavy atom. The van der Waals surface area contributed by atoms with Crippen molar-refractivity contribution in [3.05, 3.63) is 0 Å². The molecule has 0 spiro atoms. The van der Waals surface area contributed by atoms with E-state index in [1.807, 2.05) is 0 Å². The number of hydrogen-bond acceptors (Lipinski definition) is 3. The quantitative estimate of drug-likeness (QED) is 0.566. The van der Waals surface area contributed by atoms with Crippen LogP contribution in [0, 0.1) is 0 Å². The van der Waals surface area contributed by atoms with Gasteiger partial charge in [0.2, 0.25) is 5.91 Å². The normalized spacial score (nSPS) is 12.5. The van der Waals surface area contributed by atoms with Crippen LogP contribution in [0.1, 0.15) is 39.0 Å². The van der Waals surface area contributed by atoms with Crippen molar-refractivity contribution >= 4 is 5.91 Å². The third kappa shape index (κ3) is 9.69. The summed E-state index contributed by atoms with van der Waals surface area (Å²) in [6, 6.07) is 0.0194.